The highest BCUT2D eigenvalue weighted by Crippen LogP contribution is 2.26. The number of piperidine rings is 1. The van der Waals surface area contributed by atoms with Crippen LogP contribution in [0, 0.1) is 17.0 Å². The molecule has 3 rings (SSSR count). The monoisotopic (exact) mass is 558 g/mol. The van der Waals surface area contributed by atoms with Crippen LogP contribution in [0.25, 0.3) is 0 Å². The minimum absolute atomic E-state index is 0.0197. The number of amides is 1. The molecule has 1 fully saturated rings. The summed E-state index contributed by atoms with van der Waals surface area (Å²) in [6.45, 7) is 4.19. The predicted octanol–water partition coefficient (Wildman–Crippen LogP) is 3.52. The summed E-state index contributed by atoms with van der Waals surface area (Å²) in [6.07, 6.45) is 2.88. The summed E-state index contributed by atoms with van der Waals surface area (Å²) in [7, 11) is -7.21. The predicted molar refractivity (Wildman–Crippen MR) is 134 cm³/mol. The summed E-state index contributed by atoms with van der Waals surface area (Å²) in [5.74, 6) is -1.68. The standard InChI is InChI=1S/C25H32F2N2O6S2/c1-25(2,13-4-16-35-23-10-5-18(26)17-22(23)27)24(30)28-19-11-14-29(15-12-19)37(33,34)21-8-6-20(7-9-21)36(3,31)32/h5-10,17,19H,4,11-16H2,1-3H3,(H,28,30). The quantitative estimate of drug-likeness (QED) is 0.447. The minimum Gasteiger partial charge on any atom is -0.491 e. The second-order valence-electron chi connectivity index (χ2n) is 9.81. The Morgan fingerprint density at radius 2 is 1.62 bits per heavy atom. The van der Waals surface area contributed by atoms with Crippen LogP contribution in [0.4, 0.5) is 8.78 Å². The Bertz CT molecular complexity index is 1320. The van der Waals surface area contributed by atoms with Gasteiger partial charge in [-0.2, -0.15) is 4.31 Å². The second kappa shape index (κ2) is 11.4. The lowest BCUT2D eigenvalue weighted by Crippen LogP contribution is -2.49. The van der Waals surface area contributed by atoms with Crippen molar-refractivity contribution >= 4 is 25.8 Å². The molecule has 1 aliphatic rings. The van der Waals surface area contributed by atoms with Gasteiger partial charge in [0, 0.05) is 36.9 Å². The minimum atomic E-state index is -3.78. The molecule has 2 aromatic rings. The molecule has 0 saturated carbocycles. The van der Waals surface area contributed by atoms with E-state index in [0.717, 1.165) is 18.4 Å². The van der Waals surface area contributed by atoms with Crippen LogP contribution in [-0.2, 0) is 24.7 Å². The molecule has 0 bridgehead atoms. The highest BCUT2D eigenvalue weighted by molar-refractivity contribution is 7.90. The maximum absolute atomic E-state index is 13.7. The van der Waals surface area contributed by atoms with Crippen LogP contribution in [0.5, 0.6) is 5.75 Å². The Balaban J connectivity index is 1.47. The fourth-order valence-corrected chi connectivity index (χ4v) is 6.13. The first-order valence-corrected chi connectivity index (χ1v) is 15.2. The van der Waals surface area contributed by atoms with Crippen molar-refractivity contribution in [3.05, 3.63) is 54.1 Å². The van der Waals surface area contributed by atoms with E-state index >= 15 is 0 Å². The summed E-state index contributed by atoms with van der Waals surface area (Å²) in [6, 6.07) is 8.03. The number of halogens is 2. The molecule has 0 atom stereocenters. The molecule has 0 spiro atoms. The van der Waals surface area contributed by atoms with Gasteiger partial charge >= 0.3 is 0 Å². The normalized spacial score (nSPS) is 15.9. The van der Waals surface area contributed by atoms with E-state index in [1.165, 1.54) is 34.6 Å². The Hall–Kier alpha value is -2.57. The van der Waals surface area contributed by atoms with Gasteiger partial charge in [-0.3, -0.25) is 4.79 Å². The lowest BCUT2D eigenvalue weighted by molar-refractivity contribution is -0.130. The second-order valence-corrected chi connectivity index (χ2v) is 13.8. The molecule has 37 heavy (non-hydrogen) atoms. The lowest BCUT2D eigenvalue weighted by Gasteiger charge is -2.33. The third kappa shape index (κ3) is 7.48. The summed E-state index contributed by atoms with van der Waals surface area (Å²) < 4.78 is 82.5. The van der Waals surface area contributed by atoms with Gasteiger partial charge in [0.05, 0.1) is 16.4 Å². The largest absolute Gasteiger partial charge is 0.491 e. The maximum atomic E-state index is 13.7. The van der Waals surface area contributed by atoms with E-state index in [-0.39, 0.29) is 47.2 Å². The fourth-order valence-electron chi connectivity index (χ4n) is 4.03. The van der Waals surface area contributed by atoms with Crippen molar-refractivity contribution < 1.29 is 35.1 Å². The SMILES string of the molecule is CC(C)(CCCOc1ccc(F)cc1F)C(=O)NC1CCN(S(=O)(=O)c2ccc(S(C)(=O)=O)cc2)CC1. The number of carbonyl (C=O) groups is 1. The maximum Gasteiger partial charge on any atom is 0.243 e. The van der Waals surface area contributed by atoms with Gasteiger partial charge in [0.25, 0.3) is 0 Å². The van der Waals surface area contributed by atoms with Gasteiger partial charge in [-0.15, -0.1) is 0 Å². The van der Waals surface area contributed by atoms with Gasteiger partial charge in [0.2, 0.25) is 15.9 Å². The zero-order valence-corrected chi connectivity index (χ0v) is 22.7. The molecule has 204 valence electrons. The molecule has 0 unspecified atom stereocenters. The van der Waals surface area contributed by atoms with Crippen molar-refractivity contribution in [1.29, 1.82) is 0 Å². The molecule has 1 N–H and O–H groups in total. The molecule has 1 saturated heterocycles. The molecule has 0 aromatic heterocycles. The Morgan fingerprint density at radius 1 is 1.03 bits per heavy atom. The van der Waals surface area contributed by atoms with E-state index in [1.54, 1.807) is 13.8 Å². The molecule has 0 radical (unpaired) electrons. The number of benzene rings is 2. The number of sulfone groups is 1. The van der Waals surface area contributed by atoms with Gasteiger partial charge < -0.3 is 10.1 Å². The van der Waals surface area contributed by atoms with Gasteiger partial charge in [0.15, 0.2) is 21.4 Å². The van der Waals surface area contributed by atoms with Crippen LogP contribution in [-0.4, -0.2) is 59.0 Å². The molecular formula is C25H32F2N2O6S2. The van der Waals surface area contributed by atoms with E-state index in [2.05, 4.69) is 5.32 Å². The van der Waals surface area contributed by atoms with Crippen molar-refractivity contribution in [3.8, 4) is 5.75 Å². The summed E-state index contributed by atoms with van der Waals surface area (Å²) in [4.78, 5) is 12.9. The number of hydrogen-bond acceptors (Lipinski definition) is 6. The number of hydrogen-bond donors (Lipinski definition) is 1. The van der Waals surface area contributed by atoms with E-state index in [0.29, 0.717) is 25.7 Å². The first kappa shape index (κ1) is 29.0. The van der Waals surface area contributed by atoms with Gasteiger partial charge in [-0.25, -0.2) is 25.6 Å². The van der Waals surface area contributed by atoms with Crippen molar-refractivity contribution in [2.75, 3.05) is 26.0 Å². The molecule has 1 heterocycles. The lowest BCUT2D eigenvalue weighted by atomic mass is 9.86. The van der Waals surface area contributed by atoms with Crippen LogP contribution in [0.1, 0.15) is 39.5 Å². The average Bonchev–Trinajstić information content (AvgIpc) is 2.83. The number of nitrogens with zero attached hydrogens (tertiary/aromatic N) is 1. The molecule has 12 heteroatoms. The topological polar surface area (TPSA) is 110 Å². The smallest absolute Gasteiger partial charge is 0.243 e. The number of rotatable bonds is 10. The highest BCUT2D eigenvalue weighted by Gasteiger charge is 2.33. The van der Waals surface area contributed by atoms with E-state index in [9.17, 15) is 30.4 Å². The van der Waals surface area contributed by atoms with Crippen molar-refractivity contribution in [2.24, 2.45) is 5.41 Å². The van der Waals surface area contributed by atoms with Crippen LogP contribution in [0.3, 0.4) is 0 Å². The summed E-state index contributed by atoms with van der Waals surface area (Å²) in [5.41, 5.74) is -0.727. The van der Waals surface area contributed by atoms with Crippen LogP contribution in [0.15, 0.2) is 52.3 Å². The van der Waals surface area contributed by atoms with Crippen molar-refractivity contribution in [3.63, 3.8) is 0 Å². The molecular weight excluding hydrogens is 526 g/mol. The summed E-state index contributed by atoms with van der Waals surface area (Å²) >= 11 is 0. The number of ether oxygens (including phenoxy) is 1. The highest BCUT2D eigenvalue weighted by atomic mass is 32.2. The zero-order chi connectivity index (χ0) is 27.4. The summed E-state index contributed by atoms with van der Waals surface area (Å²) in [5, 5.41) is 3.00. The molecule has 2 aromatic carbocycles. The van der Waals surface area contributed by atoms with Crippen molar-refractivity contribution in [1.82, 2.24) is 9.62 Å². The number of carbonyl (C=O) groups excluding carboxylic acids is 1. The third-order valence-corrected chi connectivity index (χ3v) is 9.43. The molecule has 8 nitrogen and oxygen atoms in total. The van der Waals surface area contributed by atoms with Gasteiger partial charge in [0.1, 0.15) is 5.82 Å². The number of nitrogens with one attached hydrogen (secondary N) is 1. The van der Waals surface area contributed by atoms with Gasteiger partial charge in [-0.1, -0.05) is 13.8 Å². The van der Waals surface area contributed by atoms with E-state index in [4.69, 9.17) is 4.74 Å². The van der Waals surface area contributed by atoms with Crippen LogP contribution >= 0.6 is 0 Å². The fraction of sp³-hybridized carbons (Fsp3) is 0.480. The third-order valence-electron chi connectivity index (χ3n) is 6.39. The molecule has 0 aliphatic carbocycles. The van der Waals surface area contributed by atoms with E-state index < -0.39 is 36.9 Å². The van der Waals surface area contributed by atoms with Gasteiger partial charge in [-0.05, 0) is 62.1 Å². The van der Waals surface area contributed by atoms with Crippen LogP contribution in [0.2, 0.25) is 0 Å². The average molecular weight is 559 g/mol. The van der Waals surface area contributed by atoms with E-state index in [1.807, 2.05) is 0 Å². The van der Waals surface area contributed by atoms with Crippen LogP contribution < -0.4 is 10.1 Å². The molecule has 1 aliphatic heterocycles. The first-order chi connectivity index (χ1) is 17.2. The molecule has 1 amide bonds. The Labute approximate surface area is 217 Å². The Kier molecular flexibility index (Phi) is 8.97. The number of sulfonamides is 1. The first-order valence-electron chi connectivity index (χ1n) is 11.9. The van der Waals surface area contributed by atoms with Crippen molar-refractivity contribution in [2.45, 2.75) is 55.4 Å². The zero-order valence-electron chi connectivity index (χ0n) is 21.0. The Morgan fingerprint density at radius 3 is 2.19 bits per heavy atom.